The van der Waals surface area contributed by atoms with Crippen molar-refractivity contribution in [3.63, 3.8) is 0 Å². The van der Waals surface area contributed by atoms with Gasteiger partial charge in [-0.25, -0.2) is 4.79 Å². The number of carbonyl (C=O) groups is 1. The number of rotatable bonds is 3. The molecular weight excluding hydrogens is 447 g/mol. The number of oxime groups is 1. The van der Waals surface area contributed by atoms with Crippen LogP contribution < -0.4 is 10.1 Å². The van der Waals surface area contributed by atoms with E-state index in [9.17, 15) is 18.0 Å². The summed E-state index contributed by atoms with van der Waals surface area (Å²) in [4.78, 5) is 20.0. The minimum absolute atomic E-state index is 0.0373. The summed E-state index contributed by atoms with van der Waals surface area (Å²) >= 11 is 5.98. The molecule has 1 N–H and O–H groups in total. The molecule has 2 amide bonds. The number of hydrogen-bond donors (Lipinski definition) is 1. The van der Waals surface area contributed by atoms with E-state index in [0.717, 1.165) is 35.2 Å². The summed E-state index contributed by atoms with van der Waals surface area (Å²) in [6, 6.07) is 9.88. The molecule has 2 aliphatic rings. The van der Waals surface area contributed by atoms with E-state index in [1.54, 1.807) is 7.11 Å². The van der Waals surface area contributed by atoms with E-state index in [2.05, 4.69) is 10.5 Å². The number of ether oxygens (including phenoxy) is 1. The number of nitrogens with one attached hydrogen (secondary N) is 1. The zero-order chi connectivity index (χ0) is 22.9. The maximum absolute atomic E-state index is 13.0. The highest BCUT2D eigenvalue weighted by atomic mass is 35.5. The molecule has 1 fully saturated rings. The topological polar surface area (TPSA) is 63.2 Å². The van der Waals surface area contributed by atoms with E-state index in [1.807, 2.05) is 24.3 Å². The van der Waals surface area contributed by atoms with Crippen molar-refractivity contribution in [2.24, 2.45) is 5.16 Å². The molecular formula is C22H21ClF3N3O3. The largest absolute Gasteiger partial charge is 0.497 e. The molecule has 0 aromatic heterocycles. The molecule has 6 nitrogen and oxygen atoms in total. The molecule has 10 heteroatoms. The Morgan fingerprint density at radius 3 is 2.66 bits per heavy atom. The summed E-state index contributed by atoms with van der Waals surface area (Å²) in [5.41, 5.74) is 0.283. The lowest BCUT2D eigenvalue weighted by Gasteiger charge is -2.37. The minimum atomic E-state index is -4.53. The van der Waals surface area contributed by atoms with Gasteiger partial charge in [-0.3, -0.25) is 0 Å². The van der Waals surface area contributed by atoms with Gasteiger partial charge in [0, 0.05) is 37.9 Å². The first-order valence-electron chi connectivity index (χ1n) is 10.0. The predicted octanol–water partition coefficient (Wildman–Crippen LogP) is 5.56. The summed E-state index contributed by atoms with van der Waals surface area (Å²) in [7, 11) is 1.60. The zero-order valence-electron chi connectivity index (χ0n) is 17.2. The van der Waals surface area contributed by atoms with Crippen LogP contribution in [0.4, 0.5) is 23.7 Å². The summed E-state index contributed by atoms with van der Waals surface area (Å²) in [5, 5.41) is 6.79. The number of halogens is 4. The number of hydrogen-bond acceptors (Lipinski definition) is 4. The van der Waals surface area contributed by atoms with Gasteiger partial charge >= 0.3 is 12.2 Å². The van der Waals surface area contributed by atoms with Crippen molar-refractivity contribution < 1.29 is 27.5 Å². The highest BCUT2D eigenvalue weighted by Gasteiger charge is 2.43. The fourth-order valence-corrected chi connectivity index (χ4v) is 4.02. The number of likely N-dealkylation sites (tertiary alicyclic amines) is 1. The second-order valence-electron chi connectivity index (χ2n) is 7.83. The van der Waals surface area contributed by atoms with Gasteiger partial charge in [0.1, 0.15) is 11.4 Å². The molecule has 0 aliphatic carbocycles. The van der Waals surface area contributed by atoms with Gasteiger partial charge in [-0.05, 0) is 30.3 Å². The van der Waals surface area contributed by atoms with Crippen LogP contribution in [0.2, 0.25) is 5.02 Å². The van der Waals surface area contributed by atoms with Crippen molar-refractivity contribution in [1.82, 2.24) is 4.90 Å². The SMILES string of the molecule is COc1cccc(C2=NOC3(CCN(C(=O)Nc4cc(C(F)(F)F)ccc4Cl)CC3)C2)c1. The monoisotopic (exact) mass is 467 g/mol. The molecule has 0 saturated carbocycles. The number of urea groups is 1. The van der Waals surface area contributed by atoms with Gasteiger partial charge in [-0.2, -0.15) is 13.2 Å². The maximum Gasteiger partial charge on any atom is 0.416 e. The van der Waals surface area contributed by atoms with E-state index >= 15 is 0 Å². The molecule has 170 valence electrons. The number of benzene rings is 2. The zero-order valence-corrected chi connectivity index (χ0v) is 18.0. The summed E-state index contributed by atoms with van der Waals surface area (Å²) in [5.74, 6) is 0.728. The highest BCUT2D eigenvalue weighted by Crippen LogP contribution is 2.37. The smallest absolute Gasteiger partial charge is 0.416 e. The number of methoxy groups -OCH3 is 1. The second-order valence-corrected chi connectivity index (χ2v) is 8.24. The Labute approximate surface area is 187 Å². The first-order valence-corrected chi connectivity index (χ1v) is 10.4. The number of piperidine rings is 1. The number of amides is 2. The predicted molar refractivity (Wildman–Crippen MR) is 114 cm³/mol. The van der Waals surface area contributed by atoms with Crippen molar-refractivity contribution >= 4 is 29.0 Å². The van der Waals surface area contributed by atoms with Gasteiger partial charge in [0.25, 0.3) is 0 Å². The molecule has 0 atom stereocenters. The van der Waals surface area contributed by atoms with Crippen molar-refractivity contribution in [2.45, 2.75) is 31.0 Å². The minimum Gasteiger partial charge on any atom is -0.497 e. The van der Waals surface area contributed by atoms with Gasteiger partial charge in [-0.1, -0.05) is 28.9 Å². The molecule has 1 spiro atoms. The van der Waals surface area contributed by atoms with E-state index < -0.39 is 23.4 Å². The molecule has 4 rings (SSSR count). The quantitative estimate of drug-likeness (QED) is 0.643. The molecule has 1 saturated heterocycles. The molecule has 0 unspecified atom stereocenters. The Hall–Kier alpha value is -2.94. The third-order valence-corrected chi connectivity index (χ3v) is 6.07. The van der Waals surface area contributed by atoms with Crippen molar-refractivity contribution in [3.05, 3.63) is 58.6 Å². The standard InChI is InChI=1S/C22H21ClF3N3O3/c1-31-16-4-2-3-14(11-16)19-13-21(32-28-19)7-9-29(10-8-21)20(30)27-18-12-15(22(24,25)26)5-6-17(18)23/h2-6,11-12H,7-10,13H2,1H3,(H,27,30). The molecule has 2 aliphatic heterocycles. The molecule has 0 bridgehead atoms. The van der Waals surface area contributed by atoms with Crippen LogP contribution in [0, 0.1) is 0 Å². The summed E-state index contributed by atoms with van der Waals surface area (Å²) in [6.07, 6.45) is -2.82. The van der Waals surface area contributed by atoms with Gasteiger partial charge in [0.15, 0.2) is 0 Å². The van der Waals surface area contributed by atoms with Gasteiger partial charge in [-0.15, -0.1) is 0 Å². The van der Waals surface area contributed by atoms with E-state index in [0.29, 0.717) is 32.4 Å². The number of anilines is 1. The van der Waals surface area contributed by atoms with E-state index in [1.165, 1.54) is 4.90 Å². The fourth-order valence-electron chi connectivity index (χ4n) is 3.86. The Kier molecular flexibility index (Phi) is 5.94. The van der Waals surface area contributed by atoms with Crippen LogP contribution in [0.15, 0.2) is 47.6 Å². The van der Waals surface area contributed by atoms with Gasteiger partial charge in [0.05, 0.1) is 29.1 Å². The normalized spacial score (nSPS) is 17.7. The van der Waals surface area contributed by atoms with Crippen molar-refractivity contribution in [3.8, 4) is 5.75 Å². The van der Waals surface area contributed by atoms with Crippen LogP contribution in [0.5, 0.6) is 5.75 Å². The lowest BCUT2D eigenvalue weighted by atomic mass is 9.85. The van der Waals surface area contributed by atoms with Crippen molar-refractivity contribution in [1.29, 1.82) is 0 Å². The van der Waals surface area contributed by atoms with Crippen LogP contribution in [0.1, 0.15) is 30.4 Å². The second kappa shape index (κ2) is 8.54. The van der Waals surface area contributed by atoms with Crippen LogP contribution in [0.3, 0.4) is 0 Å². The third kappa shape index (κ3) is 4.62. The number of carbonyl (C=O) groups excluding carboxylic acids is 1. The molecule has 0 radical (unpaired) electrons. The summed E-state index contributed by atoms with van der Waals surface area (Å²) in [6.45, 7) is 0.757. The molecule has 2 aromatic carbocycles. The first-order chi connectivity index (χ1) is 15.2. The highest BCUT2D eigenvalue weighted by molar-refractivity contribution is 6.33. The van der Waals surface area contributed by atoms with Crippen LogP contribution in [-0.4, -0.2) is 42.4 Å². The van der Waals surface area contributed by atoms with Crippen LogP contribution >= 0.6 is 11.6 Å². The first kappa shape index (κ1) is 22.3. The van der Waals surface area contributed by atoms with E-state index in [4.69, 9.17) is 21.2 Å². The average Bonchev–Trinajstić information content (AvgIpc) is 3.18. The van der Waals surface area contributed by atoms with Gasteiger partial charge < -0.3 is 19.8 Å². The Bertz CT molecular complexity index is 1050. The van der Waals surface area contributed by atoms with Crippen molar-refractivity contribution in [2.75, 3.05) is 25.5 Å². The van der Waals surface area contributed by atoms with E-state index in [-0.39, 0.29) is 10.7 Å². The Balaban J connectivity index is 1.37. The van der Waals surface area contributed by atoms with Gasteiger partial charge in [0.2, 0.25) is 0 Å². The molecule has 32 heavy (non-hydrogen) atoms. The third-order valence-electron chi connectivity index (χ3n) is 5.74. The number of alkyl halides is 3. The van der Waals surface area contributed by atoms with Crippen LogP contribution in [-0.2, 0) is 11.0 Å². The lowest BCUT2D eigenvalue weighted by Crippen LogP contribution is -2.48. The maximum atomic E-state index is 13.0. The summed E-state index contributed by atoms with van der Waals surface area (Å²) < 4.78 is 44.1. The molecule has 2 heterocycles. The fraction of sp³-hybridized carbons (Fsp3) is 0.364. The Morgan fingerprint density at radius 2 is 1.97 bits per heavy atom. The molecule has 2 aromatic rings. The van der Waals surface area contributed by atoms with Crippen LogP contribution in [0.25, 0.3) is 0 Å². The number of nitrogens with zero attached hydrogens (tertiary/aromatic N) is 2. The lowest BCUT2D eigenvalue weighted by molar-refractivity contribution is -0.137. The average molecular weight is 468 g/mol. The Morgan fingerprint density at radius 1 is 1.22 bits per heavy atom.